The maximum Gasteiger partial charge on any atom is 0.253 e. The van der Waals surface area contributed by atoms with Crippen LogP contribution in [0.25, 0.3) is 0 Å². The third-order valence-electron chi connectivity index (χ3n) is 2.75. The van der Waals surface area contributed by atoms with E-state index in [4.69, 9.17) is 12.2 Å². The zero-order valence-electron chi connectivity index (χ0n) is 13.6. The Labute approximate surface area is 136 Å². The number of rotatable bonds is 3. The second-order valence-electron chi connectivity index (χ2n) is 6.33. The third kappa shape index (κ3) is 5.44. The molecule has 0 saturated carbocycles. The van der Waals surface area contributed by atoms with Gasteiger partial charge in [0.05, 0.1) is 11.3 Å². The van der Waals surface area contributed by atoms with Gasteiger partial charge < -0.3 is 16.0 Å². The van der Waals surface area contributed by atoms with Crippen molar-refractivity contribution in [3.63, 3.8) is 0 Å². The lowest BCUT2D eigenvalue weighted by molar-refractivity contribution is -0.126. The Hall–Kier alpha value is -1.95. The van der Waals surface area contributed by atoms with Crippen molar-refractivity contribution in [1.82, 2.24) is 10.6 Å². The molecule has 1 rings (SSSR count). The predicted octanol–water partition coefficient (Wildman–Crippen LogP) is 2.68. The van der Waals surface area contributed by atoms with E-state index in [0.717, 1.165) is 0 Å². The van der Waals surface area contributed by atoms with Gasteiger partial charge in [0.15, 0.2) is 5.11 Å². The van der Waals surface area contributed by atoms with Crippen LogP contribution in [0.5, 0.6) is 0 Å². The quantitative estimate of drug-likeness (QED) is 0.749. The lowest BCUT2D eigenvalue weighted by Crippen LogP contribution is -2.41. The van der Waals surface area contributed by atoms with Gasteiger partial charge in [0.1, 0.15) is 0 Å². The van der Waals surface area contributed by atoms with E-state index in [1.54, 1.807) is 45.0 Å². The minimum Gasteiger partial charge on any atom is -0.350 e. The average Bonchev–Trinajstić information content (AvgIpc) is 2.37. The van der Waals surface area contributed by atoms with Crippen LogP contribution in [-0.4, -0.2) is 23.0 Å². The molecule has 0 unspecified atom stereocenters. The standard InChI is InChI=1S/C16H23N3O2S/c1-10(2)17-13(20)11-8-6-7-9-12(11)18-15(22)19-14(21)16(3,4)5/h6-10H,1-5H3,(H,17,20)(H2,18,19,21,22). The van der Waals surface area contributed by atoms with E-state index >= 15 is 0 Å². The van der Waals surface area contributed by atoms with Crippen molar-refractivity contribution in [1.29, 1.82) is 0 Å². The molecule has 0 radical (unpaired) electrons. The van der Waals surface area contributed by atoms with Gasteiger partial charge >= 0.3 is 0 Å². The minimum atomic E-state index is -0.541. The summed E-state index contributed by atoms with van der Waals surface area (Å²) >= 11 is 5.14. The summed E-state index contributed by atoms with van der Waals surface area (Å²) in [7, 11) is 0. The van der Waals surface area contributed by atoms with Crippen LogP contribution in [0.1, 0.15) is 45.0 Å². The molecule has 0 atom stereocenters. The van der Waals surface area contributed by atoms with E-state index in [1.165, 1.54) is 0 Å². The first-order chi connectivity index (χ1) is 10.1. The molecule has 0 heterocycles. The summed E-state index contributed by atoms with van der Waals surface area (Å²) in [5.74, 6) is -0.378. The number of hydrogen-bond acceptors (Lipinski definition) is 3. The number of benzene rings is 1. The van der Waals surface area contributed by atoms with E-state index < -0.39 is 5.41 Å². The number of hydrogen-bond donors (Lipinski definition) is 3. The molecule has 0 aromatic heterocycles. The molecule has 0 spiro atoms. The molecule has 0 fully saturated rings. The van der Waals surface area contributed by atoms with Gasteiger partial charge in [0, 0.05) is 11.5 Å². The van der Waals surface area contributed by atoms with Crippen molar-refractivity contribution in [3.05, 3.63) is 29.8 Å². The van der Waals surface area contributed by atoms with Gasteiger partial charge in [-0.05, 0) is 38.2 Å². The van der Waals surface area contributed by atoms with E-state index in [9.17, 15) is 9.59 Å². The Kier molecular flexibility index (Phi) is 6.05. The Morgan fingerprint density at radius 3 is 2.27 bits per heavy atom. The molecule has 2 amide bonds. The smallest absolute Gasteiger partial charge is 0.253 e. The third-order valence-corrected chi connectivity index (χ3v) is 2.95. The van der Waals surface area contributed by atoms with Crippen LogP contribution in [0.4, 0.5) is 5.69 Å². The molecule has 3 N–H and O–H groups in total. The molecular weight excluding hydrogens is 298 g/mol. The Bertz CT molecular complexity index is 577. The molecule has 5 nitrogen and oxygen atoms in total. The number of carbonyl (C=O) groups excluding carboxylic acids is 2. The van der Waals surface area contributed by atoms with E-state index in [2.05, 4.69) is 16.0 Å². The van der Waals surface area contributed by atoms with Gasteiger partial charge in [-0.25, -0.2) is 0 Å². The number of thiocarbonyl (C=S) groups is 1. The number of nitrogens with one attached hydrogen (secondary N) is 3. The van der Waals surface area contributed by atoms with Crippen molar-refractivity contribution in [2.75, 3.05) is 5.32 Å². The summed E-state index contributed by atoms with van der Waals surface area (Å²) in [6, 6.07) is 7.05. The van der Waals surface area contributed by atoms with Crippen molar-refractivity contribution in [2.45, 2.75) is 40.7 Å². The van der Waals surface area contributed by atoms with Crippen LogP contribution in [-0.2, 0) is 4.79 Å². The Balaban J connectivity index is 2.84. The Morgan fingerprint density at radius 2 is 1.73 bits per heavy atom. The van der Waals surface area contributed by atoms with Crippen LogP contribution < -0.4 is 16.0 Å². The van der Waals surface area contributed by atoms with Crippen LogP contribution in [0, 0.1) is 5.41 Å². The van der Waals surface area contributed by atoms with E-state index in [0.29, 0.717) is 11.3 Å². The number of amides is 2. The van der Waals surface area contributed by atoms with Gasteiger partial charge in [0.2, 0.25) is 5.91 Å². The van der Waals surface area contributed by atoms with Gasteiger partial charge in [0.25, 0.3) is 5.91 Å². The van der Waals surface area contributed by atoms with Crippen molar-refractivity contribution in [3.8, 4) is 0 Å². The highest BCUT2D eigenvalue weighted by Gasteiger charge is 2.22. The fraction of sp³-hybridized carbons (Fsp3) is 0.438. The summed E-state index contributed by atoms with van der Waals surface area (Å²) in [5.41, 5.74) is 0.490. The molecule has 0 aliphatic heterocycles. The van der Waals surface area contributed by atoms with Gasteiger partial charge in [-0.15, -0.1) is 0 Å². The molecule has 120 valence electrons. The average molecular weight is 321 g/mol. The van der Waals surface area contributed by atoms with E-state index in [-0.39, 0.29) is 23.0 Å². The topological polar surface area (TPSA) is 70.2 Å². The molecular formula is C16H23N3O2S. The molecule has 0 saturated heterocycles. The summed E-state index contributed by atoms with van der Waals surface area (Å²) in [6.45, 7) is 9.18. The first-order valence-electron chi connectivity index (χ1n) is 7.13. The highest BCUT2D eigenvalue weighted by atomic mass is 32.1. The van der Waals surface area contributed by atoms with Crippen LogP contribution in [0.2, 0.25) is 0 Å². The molecule has 0 aliphatic carbocycles. The zero-order valence-corrected chi connectivity index (χ0v) is 14.4. The monoisotopic (exact) mass is 321 g/mol. The molecule has 22 heavy (non-hydrogen) atoms. The van der Waals surface area contributed by atoms with Crippen LogP contribution in [0.15, 0.2) is 24.3 Å². The van der Waals surface area contributed by atoms with Gasteiger partial charge in [-0.2, -0.15) is 0 Å². The first-order valence-corrected chi connectivity index (χ1v) is 7.54. The van der Waals surface area contributed by atoms with Crippen molar-refractivity contribution >= 4 is 34.8 Å². The van der Waals surface area contributed by atoms with Crippen molar-refractivity contribution < 1.29 is 9.59 Å². The summed E-state index contributed by atoms with van der Waals surface area (Å²) in [4.78, 5) is 24.1. The Morgan fingerprint density at radius 1 is 1.14 bits per heavy atom. The number of carbonyl (C=O) groups is 2. The molecule has 1 aromatic carbocycles. The number of anilines is 1. The van der Waals surface area contributed by atoms with Gasteiger partial charge in [-0.3, -0.25) is 9.59 Å². The number of para-hydroxylation sites is 1. The zero-order chi connectivity index (χ0) is 16.9. The SMILES string of the molecule is CC(C)NC(=O)c1ccccc1NC(=S)NC(=O)C(C)(C)C. The summed E-state index contributed by atoms with van der Waals surface area (Å²) in [6.07, 6.45) is 0. The lowest BCUT2D eigenvalue weighted by atomic mass is 9.96. The molecule has 1 aromatic rings. The van der Waals surface area contributed by atoms with E-state index in [1.807, 2.05) is 13.8 Å². The lowest BCUT2D eigenvalue weighted by Gasteiger charge is -2.19. The maximum absolute atomic E-state index is 12.2. The maximum atomic E-state index is 12.2. The van der Waals surface area contributed by atoms with Crippen LogP contribution in [0.3, 0.4) is 0 Å². The second kappa shape index (κ2) is 7.35. The normalized spacial score (nSPS) is 11.0. The van der Waals surface area contributed by atoms with Gasteiger partial charge in [-0.1, -0.05) is 32.9 Å². The predicted molar refractivity (Wildman–Crippen MR) is 92.9 cm³/mol. The molecule has 0 bridgehead atoms. The molecule has 0 aliphatic rings. The summed E-state index contributed by atoms with van der Waals surface area (Å²) < 4.78 is 0. The van der Waals surface area contributed by atoms with Crippen molar-refractivity contribution in [2.24, 2.45) is 5.41 Å². The van der Waals surface area contributed by atoms with Crippen LogP contribution >= 0.6 is 12.2 Å². The minimum absolute atomic E-state index is 0.0353. The largest absolute Gasteiger partial charge is 0.350 e. The first kappa shape index (κ1) is 18.1. The second-order valence-corrected chi connectivity index (χ2v) is 6.74. The molecule has 6 heteroatoms. The summed E-state index contributed by atoms with van der Waals surface area (Å²) in [5, 5.41) is 8.53. The fourth-order valence-corrected chi connectivity index (χ4v) is 1.78. The highest BCUT2D eigenvalue weighted by molar-refractivity contribution is 7.80. The highest BCUT2D eigenvalue weighted by Crippen LogP contribution is 2.16. The fourth-order valence-electron chi connectivity index (χ4n) is 1.57.